The van der Waals surface area contributed by atoms with Crippen LogP contribution in [-0.2, 0) is 6.54 Å². The molecule has 0 spiro atoms. The van der Waals surface area contributed by atoms with Crippen LogP contribution < -0.4 is 11.2 Å². The summed E-state index contributed by atoms with van der Waals surface area (Å²) >= 11 is 5.89. The zero-order valence-corrected chi connectivity index (χ0v) is 15.7. The van der Waals surface area contributed by atoms with E-state index < -0.39 is 11.6 Å². The Bertz CT molecular complexity index is 1280. The largest absolute Gasteiger partial charge is 0.350 e. The van der Waals surface area contributed by atoms with Gasteiger partial charge in [-0.3, -0.25) is 0 Å². The van der Waals surface area contributed by atoms with Crippen LogP contribution in [0, 0.1) is 23.0 Å². The monoisotopic (exact) mass is 409 g/mol. The van der Waals surface area contributed by atoms with Gasteiger partial charge in [-0.15, -0.1) is 0 Å². The number of halogens is 3. The summed E-state index contributed by atoms with van der Waals surface area (Å²) in [4.78, 5) is 4.38. The minimum absolute atomic E-state index is 0.129. The minimum Gasteiger partial charge on any atom is -0.350 e. The number of benzene rings is 3. The maximum absolute atomic E-state index is 14.7. The number of anilines is 1. The van der Waals surface area contributed by atoms with Gasteiger partial charge in [0.05, 0.1) is 16.6 Å². The number of fused-ring (bicyclic) bond motifs is 1. The Morgan fingerprint density at radius 2 is 1.90 bits per heavy atom. The fraction of sp³-hybridized carbons (Fsp3) is 0.0476. The number of hydrogen-bond donors (Lipinski definition) is 2. The van der Waals surface area contributed by atoms with Crippen molar-refractivity contribution in [1.82, 2.24) is 9.66 Å². The average Bonchev–Trinajstić information content (AvgIpc) is 3.02. The second kappa shape index (κ2) is 7.41. The standard InChI is InChI=1S/C21H14ClF2N5/c22-14-8-15(16(10-25)18(24)9-14)12-5-6-13(17(23)7-12)11-27-21-28-19-3-1-2-4-20(19)29(21)26/h1-9H,11,26H2,(H,27,28). The van der Waals surface area contributed by atoms with Gasteiger partial charge in [0.2, 0.25) is 5.95 Å². The van der Waals surface area contributed by atoms with Crippen molar-refractivity contribution in [2.45, 2.75) is 6.54 Å². The van der Waals surface area contributed by atoms with Gasteiger partial charge in [-0.25, -0.2) is 18.4 Å². The van der Waals surface area contributed by atoms with Gasteiger partial charge in [-0.05, 0) is 35.9 Å². The summed E-state index contributed by atoms with van der Waals surface area (Å²) in [7, 11) is 0. The third-order valence-corrected chi connectivity index (χ3v) is 4.78. The van der Waals surface area contributed by atoms with Crippen molar-refractivity contribution in [3.8, 4) is 17.2 Å². The Balaban J connectivity index is 1.61. The van der Waals surface area contributed by atoms with Crippen molar-refractivity contribution in [3.63, 3.8) is 0 Å². The summed E-state index contributed by atoms with van der Waals surface area (Å²) in [5, 5.41) is 12.4. The Labute approximate surface area is 169 Å². The minimum atomic E-state index is -0.747. The number of imidazole rings is 1. The Morgan fingerprint density at radius 3 is 2.62 bits per heavy atom. The highest BCUT2D eigenvalue weighted by Gasteiger charge is 2.14. The lowest BCUT2D eigenvalue weighted by Gasteiger charge is -2.10. The maximum atomic E-state index is 14.7. The highest BCUT2D eigenvalue weighted by molar-refractivity contribution is 6.31. The summed E-state index contributed by atoms with van der Waals surface area (Å²) < 4.78 is 30.0. The predicted molar refractivity (Wildman–Crippen MR) is 109 cm³/mol. The molecule has 0 aliphatic carbocycles. The van der Waals surface area contributed by atoms with Crippen molar-refractivity contribution in [2.75, 3.05) is 11.2 Å². The zero-order chi connectivity index (χ0) is 20.5. The number of nitrogen functional groups attached to an aromatic ring is 1. The number of hydrogen-bond acceptors (Lipinski definition) is 4. The molecule has 8 heteroatoms. The first-order chi connectivity index (χ1) is 14.0. The van der Waals surface area contributed by atoms with Crippen LogP contribution in [0.25, 0.3) is 22.2 Å². The van der Waals surface area contributed by atoms with Gasteiger partial charge in [0.1, 0.15) is 17.7 Å². The Hall–Kier alpha value is -3.63. The van der Waals surface area contributed by atoms with Crippen LogP contribution in [-0.4, -0.2) is 9.66 Å². The third kappa shape index (κ3) is 3.46. The van der Waals surface area contributed by atoms with Crippen molar-refractivity contribution in [3.05, 3.63) is 82.4 Å². The van der Waals surface area contributed by atoms with Gasteiger partial charge >= 0.3 is 0 Å². The van der Waals surface area contributed by atoms with E-state index >= 15 is 0 Å². The fourth-order valence-electron chi connectivity index (χ4n) is 3.12. The summed E-state index contributed by atoms with van der Waals surface area (Å²) in [5.41, 5.74) is 2.24. The van der Waals surface area contributed by atoms with Crippen molar-refractivity contribution < 1.29 is 8.78 Å². The van der Waals surface area contributed by atoms with Crippen molar-refractivity contribution in [2.24, 2.45) is 0 Å². The zero-order valence-electron chi connectivity index (χ0n) is 15.0. The highest BCUT2D eigenvalue weighted by atomic mass is 35.5. The van der Waals surface area contributed by atoms with E-state index in [1.807, 2.05) is 24.3 Å². The van der Waals surface area contributed by atoms with Crippen LogP contribution in [0.1, 0.15) is 11.1 Å². The molecule has 0 unspecified atom stereocenters. The molecule has 0 aliphatic heterocycles. The molecule has 4 aromatic rings. The number of nitrogens with two attached hydrogens (primary N) is 1. The normalized spacial score (nSPS) is 10.8. The topological polar surface area (TPSA) is 79.7 Å². The summed E-state index contributed by atoms with van der Waals surface area (Å²) in [6, 6.07) is 16.1. The summed E-state index contributed by atoms with van der Waals surface area (Å²) in [5.74, 6) is 5.16. The van der Waals surface area contributed by atoms with Crippen molar-refractivity contribution >= 4 is 28.6 Å². The Kier molecular flexibility index (Phi) is 4.79. The lowest BCUT2D eigenvalue weighted by atomic mass is 9.98. The SMILES string of the molecule is N#Cc1c(F)cc(Cl)cc1-c1ccc(CNc2nc3ccccc3n2N)c(F)c1. The number of rotatable bonds is 4. The summed E-state index contributed by atoms with van der Waals surface area (Å²) in [6.45, 7) is 0.141. The molecule has 3 aromatic carbocycles. The first-order valence-electron chi connectivity index (χ1n) is 8.62. The molecule has 0 amide bonds. The van der Waals surface area contributed by atoms with Crippen LogP contribution >= 0.6 is 11.6 Å². The van der Waals surface area contributed by atoms with Gasteiger partial charge in [-0.2, -0.15) is 5.26 Å². The molecule has 0 saturated heterocycles. The number of para-hydroxylation sites is 2. The van der Waals surface area contributed by atoms with E-state index in [-0.39, 0.29) is 22.7 Å². The molecule has 0 bridgehead atoms. The first kappa shape index (κ1) is 18.7. The van der Waals surface area contributed by atoms with Crippen molar-refractivity contribution in [1.29, 1.82) is 5.26 Å². The van der Waals surface area contributed by atoms with E-state index in [0.29, 0.717) is 17.1 Å². The molecular formula is C21H14ClF2N5. The molecule has 1 heterocycles. The molecule has 4 rings (SSSR count). The van der Waals surface area contributed by atoms with E-state index in [4.69, 9.17) is 17.4 Å². The molecule has 0 radical (unpaired) electrons. The third-order valence-electron chi connectivity index (χ3n) is 4.56. The molecule has 5 nitrogen and oxygen atoms in total. The first-order valence-corrected chi connectivity index (χ1v) is 9.00. The second-order valence-corrected chi connectivity index (χ2v) is 6.81. The molecule has 3 N–H and O–H groups in total. The van der Waals surface area contributed by atoms with Crippen LogP contribution in [0.4, 0.5) is 14.7 Å². The highest BCUT2D eigenvalue weighted by Crippen LogP contribution is 2.30. The molecule has 144 valence electrons. The van der Waals surface area contributed by atoms with Gasteiger partial charge in [0.15, 0.2) is 0 Å². The number of aromatic nitrogens is 2. The summed E-state index contributed by atoms with van der Waals surface area (Å²) in [6.07, 6.45) is 0. The van der Waals surface area contributed by atoms with Crippen LogP contribution in [0.3, 0.4) is 0 Å². The van der Waals surface area contributed by atoms with Gasteiger partial charge in [0.25, 0.3) is 0 Å². The molecule has 1 aromatic heterocycles. The maximum Gasteiger partial charge on any atom is 0.223 e. The van der Waals surface area contributed by atoms with E-state index in [1.54, 1.807) is 18.2 Å². The van der Waals surface area contributed by atoms with E-state index in [2.05, 4.69) is 10.3 Å². The molecule has 0 saturated carbocycles. The molecule has 0 aliphatic rings. The fourth-order valence-corrected chi connectivity index (χ4v) is 3.32. The number of nitrogens with zero attached hydrogens (tertiary/aromatic N) is 3. The molecule has 0 fully saturated rings. The number of nitriles is 1. The van der Waals surface area contributed by atoms with Crippen LogP contribution in [0.15, 0.2) is 54.6 Å². The van der Waals surface area contributed by atoms with Gasteiger partial charge in [-0.1, -0.05) is 35.9 Å². The van der Waals surface area contributed by atoms with Gasteiger partial charge < -0.3 is 11.2 Å². The lowest BCUT2D eigenvalue weighted by Crippen LogP contribution is -2.14. The van der Waals surface area contributed by atoms with Crippen LogP contribution in [0.2, 0.25) is 5.02 Å². The van der Waals surface area contributed by atoms with E-state index in [1.165, 1.54) is 16.8 Å². The smallest absolute Gasteiger partial charge is 0.223 e. The number of nitrogens with one attached hydrogen (secondary N) is 1. The van der Waals surface area contributed by atoms with E-state index in [0.717, 1.165) is 17.1 Å². The lowest BCUT2D eigenvalue weighted by molar-refractivity contribution is 0.612. The van der Waals surface area contributed by atoms with Gasteiger partial charge in [0, 0.05) is 22.7 Å². The second-order valence-electron chi connectivity index (χ2n) is 6.38. The predicted octanol–water partition coefficient (Wildman–Crippen LogP) is 4.83. The average molecular weight is 410 g/mol. The quantitative estimate of drug-likeness (QED) is 0.473. The van der Waals surface area contributed by atoms with E-state index in [9.17, 15) is 14.0 Å². The molecule has 0 atom stereocenters. The van der Waals surface area contributed by atoms with Crippen LogP contribution in [0.5, 0.6) is 0 Å². The molecular weight excluding hydrogens is 396 g/mol. The molecule has 29 heavy (non-hydrogen) atoms. The Morgan fingerprint density at radius 1 is 1.10 bits per heavy atom.